The molecule has 3 atom stereocenters. The summed E-state index contributed by atoms with van der Waals surface area (Å²) in [6, 6.07) is 4.59. The number of primary amides is 1. The van der Waals surface area contributed by atoms with Crippen LogP contribution in [0.25, 0.3) is 0 Å². The molecule has 0 radical (unpaired) electrons. The number of carbonyl (C=O) groups excluding carboxylic acids is 4. The van der Waals surface area contributed by atoms with Crippen molar-refractivity contribution in [2.24, 2.45) is 5.73 Å². The summed E-state index contributed by atoms with van der Waals surface area (Å²) in [5.74, 6) is -1.25. The quantitative estimate of drug-likeness (QED) is 0.460. The van der Waals surface area contributed by atoms with Crippen LogP contribution in [0.4, 0.5) is 4.79 Å². The number of hydrogen-bond acceptors (Lipinski definition) is 7. The average molecular weight is 548 g/mol. The van der Waals surface area contributed by atoms with Crippen LogP contribution in [0, 0.1) is 6.92 Å². The topological polar surface area (TPSA) is 148 Å². The van der Waals surface area contributed by atoms with Gasteiger partial charge in [-0.25, -0.2) is 4.79 Å². The maximum Gasteiger partial charge on any atom is 0.407 e. The van der Waals surface area contributed by atoms with Gasteiger partial charge < -0.3 is 30.5 Å². The Kier molecular flexibility index (Phi) is 10.9. The van der Waals surface area contributed by atoms with Crippen molar-refractivity contribution in [2.45, 2.75) is 123 Å². The number of nitrogens with two attached hydrogens (primary N) is 1. The predicted octanol–water partition coefficient (Wildman–Crippen LogP) is 3.74. The van der Waals surface area contributed by atoms with Gasteiger partial charge in [-0.05, 0) is 79.4 Å². The number of aliphatic hydroxyl groups excluding tert-OH is 1. The molecule has 10 nitrogen and oxygen atoms in total. The fourth-order valence-corrected chi connectivity index (χ4v) is 4.56. The molecule has 1 fully saturated rings. The number of ether oxygens (including phenoxy) is 2. The molecule has 39 heavy (non-hydrogen) atoms. The Labute approximate surface area is 231 Å². The summed E-state index contributed by atoms with van der Waals surface area (Å²) in [5, 5.41) is 12.4. The Hall–Kier alpha value is -3.14. The number of amides is 3. The molecule has 1 saturated carbocycles. The smallest absolute Gasteiger partial charge is 0.407 e. The molecule has 3 amide bonds. The first-order valence-electron chi connectivity index (χ1n) is 13.6. The number of aryl methyl sites for hydroxylation is 1. The molecular weight excluding hydrogens is 502 g/mol. The monoisotopic (exact) mass is 547 g/mol. The first-order valence-corrected chi connectivity index (χ1v) is 13.6. The fourth-order valence-electron chi connectivity index (χ4n) is 4.56. The SMILES string of the molecule is CC(C)(C)OC(=O)NC1CCCCC1O.Cc1ccc2c(c1)CN(C(CCC(=O)OC(C)(C)C)C(N)=O)C2=O. The molecule has 0 aromatic heterocycles. The second kappa shape index (κ2) is 13.3. The number of nitrogens with zero attached hydrogens (tertiary/aromatic N) is 1. The lowest BCUT2D eigenvalue weighted by Crippen LogP contribution is -2.46. The maximum absolute atomic E-state index is 12.5. The van der Waals surface area contributed by atoms with Gasteiger partial charge in [0.25, 0.3) is 5.91 Å². The van der Waals surface area contributed by atoms with E-state index < -0.39 is 41.3 Å². The minimum Gasteiger partial charge on any atom is -0.460 e. The van der Waals surface area contributed by atoms with Gasteiger partial charge in [0, 0.05) is 18.5 Å². The Morgan fingerprint density at radius 2 is 1.69 bits per heavy atom. The molecule has 218 valence electrons. The van der Waals surface area contributed by atoms with E-state index in [0.717, 1.165) is 36.8 Å². The summed E-state index contributed by atoms with van der Waals surface area (Å²) in [7, 11) is 0. The maximum atomic E-state index is 12.5. The van der Waals surface area contributed by atoms with E-state index in [2.05, 4.69) is 5.32 Å². The van der Waals surface area contributed by atoms with Crippen molar-refractivity contribution in [2.75, 3.05) is 0 Å². The first-order chi connectivity index (χ1) is 18.0. The van der Waals surface area contributed by atoms with Crippen LogP contribution in [-0.4, -0.2) is 63.3 Å². The lowest BCUT2D eigenvalue weighted by Gasteiger charge is -2.29. The van der Waals surface area contributed by atoms with Gasteiger partial charge in [0.1, 0.15) is 17.2 Å². The third kappa shape index (κ3) is 10.5. The Bertz CT molecular complexity index is 1040. The van der Waals surface area contributed by atoms with E-state index in [-0.39, 0.29) is 24.8 Å². The zero-order valence-electron chi connectivity index (χ0n) is 24.3. The number of aliphatic hydroxyl groups is 1. The largest absolute Gasteiger partial charge is 0.460 e. The molecule has 10 heteroatoms. The Balaban J connectivity index is 0.000000306. The van der Waals surface area contributed by atoms with Crippen molar-refractivity contribution in [3.05, 3.63) is 34.9 Å². The third-order valence-corrected chi connectivity index (χ3v) is 6.27. The van der Waals surface area contributed by atoms with Crippen molar-refractivity contribution in [3.8, 4) is 0 Å². The van der Waals surface area contributed by atoms with Gasteiger partial charge in [0.05, 0.1) is 12.1 Å². The number of benzene rings is 1. The first kappa shape index (κ1) is 32.1. The second-order valence-corrected chi connectivity index (χ2v) is 12.2. The van der Waals surface area contributed by atoms with Gasteiger partial charge in [-0.15, -0.1) is 0 Å². The zero-order chi connectivity index (χ0) is 29.5. The molecule has 2 aliphatic rings. The Morgan fingerprint density at radius 3 is 2.26 bits per heavy atom. The average Bonchev–Trinajstić information content (AvgIpc) is 3.08. The normalized spacial score (nSPS) is 19.8. The minimum absolute atomic E-state index is 0.0318. The van der Waals surface area contributed by atoms with Gasteiger partial charge in [-0.2, -0.15) is 0 Å². The van der Waals surface area contributed by atoms with E-state index >= 15 is 0 Å². The summed E-state index contributed by atoms with van der Waals surface area (Å²) in [4.78, 5) is 49.1. The van der Waals surface area contributed by atoms with Crippen LogP contribution in [0.1, 0.15) is 102 Å². The third-order valence-electron chi connectivity index (χ3n) is 6.27. The molecule has 1 aliphatic carbocycles. The summed E-state index contributed by atoms with van der Waals surface area (Å²) in [6.45, 7) is 13.1. The Morgan fingerprint density at radius 1 is 1.08 bits per heavy atom. The number of esters is 1. The van der Waals surface area contributed by atoms with Gasteiger partial charge in [-0.3, -0.25) is 14.4 Å². The van der Waals surface area contributed by atoms with Crippen LogP contribution >= 0.6 is 0 Å². The number of carbonyl (C=O) groups is 4. The zero-order valence-corrected chi connectivity index (χ0v) is 24.3. The van der Waals surface area contributed by atoms with Crippen molar-refractivity contribution >= 4 is 23.9 Å². The fraction of sp³-hybridized carbons (Fsp3) is 0.655. The van der Waals surface area contributed by atoms with Crippen LogP contribution in [0.2, 0.25) is 0 Å². The number of nitrogens with one attached hydrogen (secondary N) is 1. The molecule has 3 rings (SSSR count). The number of hydrogen-bond donors (Lipinski definition) is 3. The summed E-state index contributed by atoms with van der Waals surface area (Å²) in [5.41, 5.74) is 6.92. The van der Waals surface area contributed by atoms with E-state index in [1.54, 1.807) is 26.8 Å². The van der Waals surface area contributed by atoms with Gasteiger partial charge >= 0.3 is 12.1 Å². The van der Waals surface area contributed by atoms with Crippen molar-refractivity contribution < 1.29 is 33.8 Å². The van der Waals surface area contributed by atoms with Crippen LogP contribution in [0.3, 0.4) is 0 Å². The molecular formula is C29H45N3O7. The van der Waals surface area contributed by atoms with Gasteiger partial charge in [0.2, 0.25) is 5.91 Å². The van der Waals surface area contributed by atoms with E-state index in [9.17, 15) is 24.3 Å². The molecule has 1 aromatic rings. The van der Waals surface area contributed by atoms with Crippen molar-refractivity contribution in [1.29, 1.82) is 0 Å². The highest BCUT2D eigenvalue weighted by Gasteiger charge is 2.36. The number of fused-ring (bicyclic) bond motifs is 1. The molecule has 4 N–H and O–H groups in total. The van der Waals surface area contributed by atoms with E-state index in [1.165, 1.54) is 4.90 Å². The van der Waals surface area contributed by atoms with E-state index in [4.69, 9.17) is 15.2 Å². The van der Waals surface area contributed by atoms with Crippen molar-refractivity contribution in [3.63, 3.8) is 0 Å². The van der Waals surface area contributed by atoms with Crippen LogP contribution in [0.15, 0.2) is 18.2 Å². The van der Waals surface area contributed by atoms with Crippen LogP contribution in [0.5, 0.6) is 0 Å². The number of rotatable bonds is 6. The molecule has 0 bridgehead atoms. The van der Waals surface area contributed by atoms with E-state index in [0.29, 0.717) is 12.1 Å². The molecule has 1 heterocycles. The predicted molar refractivity (Wildman–Crippen MR) is 147 cm³/mol. The second-order valence-electron chi connectivity index (χ2n) is 12.2. The molecule has 1 aliphatic heterocycles. The molecule has 3 unspecified atom stereocenters. The molecule has 0 spiro atoms. The summed E-state index contributed by atoms with van der Waals surface area (Å²) < 4.78 is 10.4. The highest BCUT2D eigenvalue weighted by Crippen LogP contribution is 2.27. The highest BCUT2D eigenvalue weighted by atomic mass is 16.6. The van der Waals surface area contributed by atoms with Gasteiger partial charge in [-0.1, -0.05) is 30.5 Å². The molecule has 0 saturated heterocycles. The molecule has 1 aromatic carbocycles. The van der Waals surface area contributed by atoms with Crippen LogP contribution < -0.4 is 11.1 Å². The van der Waals surface area contributed by atoms with Crippen LogP contribution in [-0.2, 0) is 25.6 Å². The van der Waals surface area contributed by atoms with E-state index in [1.807, 2.05) is 39.8 Å². The summed E-state index contributed by atoms with van der Waals surface area (Å²) >= 11 is 0. The standard InChI is InChI=1S/C18H24N2O4.C11H21NO3/c1-11-5-6-13-12(9-11)10-20(17(13)23)14(16(19)22)7-8-15(21)24-18(2,3)4;1-11(2,3)15-10(14)12-8-6-4-5-7-9(8)13/h5-6,9,14H,7-8,10H2,1-4H3,(H2,19,22);8-9,13H,4-7H2,1-3H3,(H,12,14). The van der Waals surface area contributed by atoms with Gasteiger partial charge in [0.15, 0.2) is 0 Å². The lowest BCUT2D eigenvalue weighted by atomic mass is 9.93. The lowest BCUT2D eigenvalue weighted by molar-refractivity contribution is -0.155. The number of alkyl carbamates (subject to hydrolysis) is 1. The summed E-state index contributed by atoms with van der Waals surface area (Å²) in [6.07, 6.45) is 3.01. The van der Waals surface area contributed by atoms with Crippen molar-refractivity contribution in [1.82, 2.24) is 10.2 Å². The minimum atomic E-state index is -0.822. The highest BCUT2D eigenvalue weighted by molar-refractivity contribution is 6.01.